The molecule has 0 spiro atoms. The first kappa shape index (κ1) is 19.3. The Balaban J connectivity index is 2.03. The molecular weight excluding hydrogens is 330 g/mol. The van der Waals surface area contributed by atoms with E-state index in [4.69, 9.17) is 0 Å². The molecule has 1 heterocycles. The Labute approximate surface area is 154 Å². The lowest BCUT2D eigenvalue weighted by Crippen LogP contribution is -2.45. The molecular formula is C20H27N3OS. The van der Waals surface area contributed by atoms with Gasteiger partial charge in [0.1, 0.15) is 0 Å². The minimum Gasteiger partial charge on any atom is -0.365 e. The molecule has 0 radical (unpaired) electrons. The zero-order valence-electron chi connectivity index (χ0n) is 15.1. The fourth-order valence-electron chi connectivity index (χ4n) is 2.50. The summed E-state index contributed by atoms with van der Waals surface area (Å²) in [7, 11) is 0. The van der Waals surface area contributed by atoms with E-state index in [0.717, 1.165) is 23.6 Å². The number of benzene rings is 1. The van der Waals surface area contributed by atoms with Crippen molar-refractivity contribution in [3.63, 3.8) is 0 Å². The Bertz CT molecular complexity index is 634. The van der Waals surface area contributed by atoms with E-state index < -0.39 is 0 Å². The Kier molecular flexibility index (Phi) is 7.79. The lowest BCUT2D eigenvalue weighted by Gasteiger charge is -2.25. The summed E-state index contributed by atoms with van der Waals surface area (Å²) in [6.07, 6.45) is 3.55. The maximum absolute atomic E-state index is 12.9. The van der Waals surface area contributed by atoms with Gasteiger partial charge >= 0.3 is 0 Å². The molecule has 2 N–H and O–H groups in total. The predicted molar refractivity (Wildman–Crippen MR) is 106 cm³/mol. The number of nitrogens with zero attached hydrogens (tertiary/aromatic N) is 1. The summed E-state index contributed by atoms with van der Waals surface area (Å²) in [6.45, 7) is 6.26. The summed E-state index contributed by atoms with van der Waals surface area (Å²) < 4.78 is 0. The van der Waals surface area contributed by atoms with Crippen LogP contribution in [0.2, 0.25) is 0 Å². The number of anilines is 1. The molecule has 0 bridgehead atoms. The van der Waals surface area contributed by atoms with Crippen LogP contribution in [0.5, 0.6) is 0 Å². The molecule has 2 aromatic rings. The molecule has 0 fully saturated rings. The van der Waals surface area contributed by atoms with E-state index in [1.165, 1.54) is 11.8 Å². The third-order valence-electron chi connectivity index (χ3n) is 3.76. The first-order valence-corrected chi connectivity index (χ1v) is 9.67. The number of nitrogens with one attached hydrogen (secondary N) is 2. The molecule has 0 aliphatic heterocycles. The summed E-state index contributed by atoms with van der Waals surface area (Å²) in [5.74, 6) is 0.263. The quantitative estimate of drug-likeness (QED) is 0.510. The predicted octanol–water partition coefficient (Wildman–Crippen LogP) is 4.55. The molecule has 5 heteroatoms. The summed E-state index contributed by atoms with van der Waals surface area (Å²) in [6, 6.07) is 15.8. The molecule has 1 aromatic heterocycles. The Morgan fingerprint density at radius 3 is 2.44 bits per heavy atom. The molecule has 25 heavy (non-hydrogen) atoms. The van der Waals surface area contributed by atoms with Crippen LogP contribution in [-0.2, 0) is 4.79 Å². The maximum atomic E-state index is 12.9. The normalized spacial score (nSPS) is 13.3. The van der Waals surface area contributed by atoms with Gasteiger partial charge in [0.2, 0.25) is 5.91 Å². The second-order valence-corrected chi connectivity index (χ2v) is 7.47. The molecule has 4 nitrogen and oxygen atoms in total. The van der Waals surface area contributed by atoms with Gasteiger partial charge in [-0.2, -0.15) is 0 Å². The molecule has 2 unspecified atom stereocenters. The van der Waals surface area contributed by atoms with E-state index in [0.29, 0.717) is 0 Å². The Morgan fingerprint density at radius 1 is 1.12 bits per heavy atom. The van der Waals surface area contributed by atoms with E-state index in [2.05, 4.69) is 36.4 Å². The summed E-state index contributed by atoms with van der Waals surface area (Å²) in [4.78, 5) is 17.2. The molecule has 1 aromatic carbocycles. The molecule has 1 amide bonds. The van der Waals surface area contributed by atoms with Crippen LogP contribution in [0.4, 0.5) is 5.69 Å². The van der Waals surface area contributed by atoms with E-state index in [1.54, 1.807) is 6.20 Å². The number of thioether (sulfide) groups is 1. The van der Waals surface area contributed by atoms with E-state index in [9.17, 15) is 4.79 Å². The summed E-state index contributed by atoms with van der Waals surface area (Å²) in [5, 5.41) is 7.28. The standard InChI is InChI=1S/C20H27N3OS/c1-4-10-17(22-16-11-6-5-7-12-16)23-20(24)19(15(2)3)25-18-13-8-9-14-21-18/h5-9,11-15,17,19,22H,4,10H2,1-3H3,(H,23,24). The third-order valence-corrected chi connectivity index (χ3v) is 5.25. The van der Waals surface area contributed by atoms with Crippen molar-refractivity contribution in [2.75, 3.05) is 5.32 Å². The van der Waals surface area contributed by atoms with Gasteiger partial charge in [-0.25, -0.2) is 4.98 Å². The number of rotatable bonds is 9. The minimum atomic E-state index is -0.174. The number of hydrogen-bond donors (Lipinski definition) is 2. The zero-order chi connectivity index (χ0) is 18.1. The fraction of sp³-hybridized carbons (Fsp3) is 0.400. The number of para-hydroxylation sites is 1. The number of hydrogen-bond acceptors (Lipinski definition) is 4. The van der Waals surface area contributed by atoms with Crippen molar-refractivity contribution in [2.45, 2.75) is 50.1 Å². The van der Waals surface area contributed by atoms with Crippen LogP contribution in [0.1, 0.15) is 33.6 Å². The minimum absolute atomic E-state index is 0.0486. The van der Waals surface area contributed by atoms with Gasteiger partial charge in [0.05, 0.1) is 16.4 Å². The molecule has 0 aliphatic carbocycles. The SMILES string of the molecule is CCCC(NC(=O)C(Sc1ccccn1)C(C)C)Nc1ccccc1. The van der Waals surface area contributed by atoms with Gasteiger partial charge in [0.15, 0.2) is 0 Å². The van der Waals surface area contributed by atoms with Gasteiger partial charge in [0, 0.05) is 11.9 Å². The van der Waals surface area contributed by atoms with Crippen molar-refractivity contribution in [1.29, 1.82) is 0 Å². The maximum Gasteiger partial charge on any atom is 0.235 e. The van der Waals surface area contributed by atoms with E-state index >= 15 is 0 Å². The number of amides is 1. The highest BCUT2D eigenvalue weighted by Crippen LogP contribution is 2.26. The van der Waals surface area contributed by atoms with Crippen LogP contribution < -0.4 is 10.6 Å². The summed E-state index contributed by atoms with van der Waals surface area (Å²) in [5.41, 5.74) is 1.01. The van der Waals surface area contributed by atoms with Gasteiger partial charge in [0.25, 0.3) is 0 Å². The van der Waals surface area contributed by atoms with Crippen molar-refractivity contribution in [1.82, 2.24) is 10.3 Å². The van der Waals surface area contributed by atoms with Gasteiger partial charge in [-0.3, -0.25) is 4.79 Å². The van der Waals surface area contributed by atoms with Crippen molar-refractivity contribution in [2.24, 2.45) is 5.92 Å². The molecule has 134 valence electrons. The third kappa shape index (κ3) is 6.42. The molecule has 0 saturated carbocycles. The van der Waals surface area contributed by atoms with Crippen LogP contribution in [0.15, 0.2) is 59.8 Å². The first-order chi connectivity index (χ1) is 12.1. The van der Waals surface area contributed by atoms with Crippen molar-refractivity contribution >= 4 is 23.4 Å². The number of carbonyl (C=O) groups excluding carboxylic acids is 1. The molecule has 0 aliphatic rings. The van der Waals surface area contributed by atoms with Crippen LogP contribution >= 0.6 is 11.8 Å². The van der Waals surface area contributed by atoms with Gasteiger partial charge in [-0.05, 0) is 36.6 Å². The Morgan fingerprint density at radius 2 is 1.84 bits per heavy atom. The average molecular weight is 358 g/mol. The lowest BCUT2D eigenvalue weighted by atomic mass is 10.1. The molecule has 2 rings (SSSR count). The van der Waals surface area contributed by atoms with Crippen molar-refractivity contribution in [3.8, 4) is 0 Å². The van der Waals surface area contributed by atoms with Gasteiger partial charge < -0.3 is 10.6 Å². The van der Waals surface area contributed by atoms with Crippen LogP contribution in [0.25, 0.3) is 0 Å². The Hall–Kier alpha value is -2.01. The number of carbonyl (C=O) groups is 1. The van der Waals surface area contributed by atoms with Crippen LogP contribution in [0, 0.1) is 5.92 Å². The highest BCUT2D eigenvalue weighted by molar-refractivity contribution is 8.00. The van der Waals surface area contributed by atoms with Gasteiger partial charge in [-0.1, -0.05) is 63.2 Å². The van der Waals surface area contributed by atoms with Crippen LogP contribution in [0.3, 0.4) is 0 Å². The summed E-state index contributed by atoms with van der Waals surface area (Å²) >= 11 is 1.52. The average Bonchev–Trinajstić information content (AvgIpc) is 2.61. The van der Waals surface area contributed by atoms with E-state index in [1.807, 2.05) is 48.5 Å². The topological polar surface area (TPSA) is 54.0 Å². The van der Waals surface area contributed by atoms with Crippen molar-refractivity contribution < 1.29 is 4.79 Å². The second-order valence-electron chi connectivity index (χ2n) is 6.31. The number of aromatic nitrogens is 1. The fourth-order valence-corrected chi connectivity index (χ4v) is 3.48. The monoisotopic (exact) mass is 357 g/mol. The first-order valence-electron chi connectivity index (χ1n) is 8.79. The second kappa shape index (κ2) is 10.1. The van der Waals surface area contributed by atoms with Gasteiger partial charge in [-0.15, -0.1) is 0 Å². The zero-order valence-corrected chi connectivity index (χ0v) is 15.9. The largest absolute Gasteiger partial charge is 0.365 e. The van der Waals surface area contributed by atoms with Crippen molar-refractivity contribution in [3.05, 3.63) is 54.7 Å². The highest BCUT2D eigenvalue weighted by Gasteiger charge is 2.25. The highest BCUT2D eigenvalue weighted by atomic mass is 32.2. The van der Waals surface area contributed by atoms with E-state index in [-0.39, 0.29) is 23.2 Å². The molecule has 2 atom stereocenters. The number of pyridine rings is 1. The van der Waals surface area contributed by atoms with Crippen LogP contribution in [-0.4, -0.2) is 22.3 Å². The smallest absolute Gasteiger partial charge is 0.235 e. The lowest BCUT2D eigenvalue weighted by molar-refractivity contribution is -0.121. The molecule has 0 saturated heterocycles.